The lowest BCUT2D eigenvalue weighted by Gasteiger charge is -2.50. The van der Waals surface area contributed by atoms with Crippen LogP contribution in [0.4, 0.5) is 0 Å². The molecular weight excluding hydrogens is 1070 g/mol. The van der Waals surface area contributed by atoms with Gasteiger partial charge in [-0.15, -0.1) is 0 Å². The van der Waals surface area contributed by atoms with E-state index in [1.54, 1.807) is 27.7 Å². The van der Waals surface area contributed by atoms with Gasteiger partial charge in [0.2, 0.25) is 12.1 Å². The van der Waals surface area contributed by atoms with E-state index in [0.717, 1.165) is 6.92 Å². The number of aliphatic hydroxyl groups excluding tert-OH is 5. The average molecular weight is 1150 g/mol. The number of aliphatic hydroxyl groups is 6. The topological polar surface area (TPSA) is 350 Å². The zero-order valence-electron chi connectivity index (χ0n) is 47.0. The minimum Gasteiger partial charge on any atom is -0.508 e. The van der Waals surface area contributed by atoms with Crippen LogP contribution in [0.1, 0.15) is 109 Å². The smallest absolute Gasteiger partial charge is 0.303 e. The quantitative estimate of drug-likeness (QED) is 0.0991. The lowest BCUT2D eigenvalue weighted by atomic mass is 9.62. The maximum absolute atomic E-state index is 15.6. The second-order valence-electron chi connectivity index (χ2n) is 22.8. The summed E-state index contributed by atoms with van der Waals surface area (Å²) in [6, 6.07) is 3.00. The van der Waals surface area contributed by atoms with Crippen LogP contribution in [0.5, 0.6) is 17.2 Å². The maximum Gasteiger partial charge on any atom is 0.303 e. The van der Waals surface area contributed by atoms with Crippen molar-refractivity contribution in [2.75, 3.05) is 14.2 Å². The van der Waals surface area contributed by atoms with E-state index in [4.69, 9.17) is 61.6 Å². The highest BCUT2D eigenvalue weighted by Gasteiger charge is 2.65. The molecule has 25 heteroatoms. The number of aromatic hydroxyl groups is 2. The number of ether oxygens (including phenoxy) is 13. The molecule has 0 spiro atoms. The molecule has 0 radical (unpaired) electrons. The molecule has 450 valence electrons. The predicted molar refractivity (Wildman–Crippen MR) is 275 cm³/mol. The van der Waals surface area contributed by atoms with Crippen molar-refractivity contribution >= 4 is 34.1 Å². The number of rotatable bonds is 14. The van der Waals surface area contributed by atoms with Crippen molar-refractivity contribution in [3.8, 4) is 17.2 Å². The lowest BCUT2D eigenvalue weighted by molar-refractivity contribution is -0.337. The summed E-state index contributed by atoms with van der Waals surface area (Å²) in [5, 5.41) is 92.3. The third kappa shape index (κ3) is 11.4. The van der Waals surface area contributed by atoms with Crippen LogP contribution in [0.2, 0.25) is 0 Å². The van der Waals surface area contributed by atoms with Crippen molar-refractivity contribution in [3.63, 3.8) is 0 Å². The fraction of sp³-hybridized carbons (Fsp3) is 0.714. The predicted octanol–water partition coefficient (Wildman–Crippen LogP) is 2.02. The summed E-state index contributed by atoms with van der Waals surface area (Å²) in [6.07, 6.45) is -21.6. The number of phenolic OH excluding ortho intramolecular Hbond substituents is 2. The summed E-state index contributed by atoms with van der Waals surface area (Å²) in [5.41, 5.74) is -5.23. The Morgan fingerprint density at radius 3 is 1.77 bits per heavy atom. The van der Waals surface area contributed by atoms with E-state index in [2.05, 4.69) is 0 Å². The minimum atomic E-state index is -2.69. The van der Waals surface area contributed by atoms with Gasteiger partial charge in [0.05, 0.1) is 65.9 Å². The summed E-state index contributed by atoms with van der Waals surface area (Å²) in [4.78, 5) is 54.9. The number of carbonyl (C=O) groups excluding carboxylic acids is 4. The zero-order chi connectivity index (χ0) is 59.1. The Morgan fingerprint density at radius 2 is 1.21 bits per heavy atom. The molecule has 23 atom stereocenters. The number of Topliss-reactive ketones (excluding diaryl/α,β-unsaturated/α-hetero) is 3. The molecule has 81 heavy (non-hydrogen) atoms. The van der Waals surface area contributed by atoms with E-state index in [9.17, 15) is 55.2 Å². The molecule has 21 unspecified atom stereocenters. The Bertz CT molecular complexity index is 2730. The van der Waals surface area contributed by atoms with E-state index in [0.29, 0.717) is 0 Å². The summed E-state index contributed by atoms with van der Waals surface area (Å²) in [6.45, 7) is 13.2. The van der Waals surface area contributed by atoms with Crippen LogP contribution in [0, 0.1) is 12.8 Å². The number of esters is 1. The number of fused-ring (bicyclic) bond motifs is 3. The van der Waals surface area contributed by atoms with Gasteiger partial charge in [-0.3, -0.25) is 19.2 Å². The van der Waals surface area contributed by atoms with Gasteiger partial charge in [0.25, 0.3) is 0 Å². The highest BCUT2D eigenvalue weighted by Crippen LogP contribution is 2.54. The molecule has 0 aromatic heterocycles. The van der Waals surface area contributed by atoms with Gasteiger partial charge >= 0.3 is 5.97 Å². The molecule has 0 amide bonds. The first-order valence-corrected chi connectivity index (χ1v) is 27.4. The first-order valence-electron chi connectivity index (χ1n) is 27.4. The lowest BCUT2D eigenvalue weighted by Crippen LogP contribution is -2.65. The molecule has 25 nitrogen and oxygen atoms in total. The summed E-state index contributed by atoms with van der Waals surface area (Å²) < 4.78 is 78.3. The Hall–Kier alpha value is -4.52. The molecule has 9 rings (SSSR count). The second kappa shape index (κ2) is 23.5. The molecule has 2 aromatic carbocycles. The van der Waals surface area contributed by atoms with Crippen molar-refractivity contribution in [1.82, 2.24) is 0 Å². The monoisotopic (exact) mass is 1150 g/mol. The fourth-order valence-electron chi connectivity index (χ4n) is 12.8. The van der Waals surface area contributed by atoms with Crippen LogP contribution in [0.3, 0.4) is 0 Å². The fourth-order valence-corrected chi connectivity index (χ4v) is 12.8. The van der Waals surface area contributed by atoms with Crippen molar-refractivity contribution < 1.29 is 122 Å². The third-order valence-electron chi connectivity index (χ3n) is 17.0. The maximum atomic E-state index is 15.6. The number of methoxy groups -OCH3 is 2. The van der Waals surface area contributed by atoms with E-state index in [-0.39, 0.29) is 66.2 Å². The number of ketones is 3. The Kier molecular flexibility index (Phi) is 17.7. The molecule has 7 aliphatic rings. The molecule has 0 bridgehead atoms. The third-order valence-corrected chi connectivity index (χ3v) is 17.0. The SMILES string of the molecule is COC1C(O)CC(OC2CC(Oc3cc4cc5c(c(O)c4c(O)c3C)C(=O)[C@]3(OC4CC(OC6CC(OC7CC(C)(O)C(OC(C)=O)C(C)O7)C(O)C(C)O6)C(O)C(C)O4)C(O)=C(C(C)=O)C(=O)[C@@H](OC)C3C5)OC(C)C2O)OC1C. The second-order valence-corrected chi connectivity index (χ2v) is 22.8. The van der Waals surface area contributed by atoms with Crippen LogP contribution in [0.25, 0.3) is 10.8 Å². The summed E-state index contributed by atoms with van der Waals surface area (Å²) >= 11 is 0. The number of hydrogen-bond acceptors (Lipinski definition) is 25. The van der Waals surface area contributed by atoms with Crippen LogP contribution < -0.4 is 4.74 Å². The van der Waals surface area contributed by atoms with Crippen molar-refractivity contribution in [2.24, 2.45) is 5.92 Å². The van der Waals surface area contributed by atoms with Gasteiger partial charge in [-0.2, -0.15) is 0 Å². The highest BCUT2D eigenvalue weighted by atomic mass is 16.7. The van der Waals surface area contributed by atoms with E-state index in [1.807, 2.05) is 0 Å². The van der Waals surface area contributed by atoms with Crippen molar-refractivity contribution in [3.05, 3.63) is 40.2 Å². The van der Waals surface area contributed by atoms with E-state index >= 15 is 4.79 Å². The van der Waals surface area contributed by atoms with Gasteiger partial charge in [0.15, 0.2) is 48.4 Å². The van der Waals surface area contributed by atoms with Gasteiger partial charge in [-0.1, -0.05) is 0 Å². The Labute approximate surface area is 467 Å². The average Bonchev–Trinajstić information content (AvgIpc) is 3.35. The Morgan fingerprint density at radius 1 is 0.679 bits per heavy atom. The highest BCUT2D eigenvalue weighted by molar-refractivity contribution is 6.25. The molecule has 2 aliphatic carbocycles. The normalized spacial score (nSPS) is 42.0. The van der Waals surface area contributed by atoms with Gasteiger partial charge in [-0.25, -0.2) is 0 Å². The standard InChI is InChI=1S/C56H76O25/c1-20-32(77-37-16-33(45(61)22(3)71-37)78-36-15-31(59)50(69-10)25(6)74-36)14-29-12-28-13-30-51(70-11)49(65)41(21(2)57)52(66)56(30,53(67)43(28)48(64)42(29)44(20)60)81-39-18-35(47(63)24(5)73-39)79-38-17-34(46(62)23(4)72-38)80-40-19-55(9,68)54(26(7)75-40)76-27(8)58/h12,14,22-26,30-31,33-40,45-47,50-51,54,59-64,66,68H,13,15-19H2,1-11H3/t22?,23?,24?,25?,26?,30?,31?,33?,34?,35?,36?,37?,38?,39?,40?,45?,46?,47?,50?,51-,54?,55?,56+/m0/s1. The summed E-state index contributed by atoms with van der Waals surface area (Å²) in [7, 11) is 2.65. The number of carbonyl (C=O) groups is 4. The number of benzene rings is 2. The number of hydrogen-bond donors (Lipinski definition) is 8. The van der Waals surface area contributed by atoms with E-state index in [1.165, 1.54) is 54.0 Å². The molecule has 2 aromatic rings. The molecule has 5 saturated heterocycles. The van der Waals surface area contributed by atoms with E-state index < -0.39 is 192 Å². The van der Waals surface area contributed by atoms with Gasteiger partial charge in [0.1, 0.15) is 64.7 Å². The number of phenols is 2. The van der Waals surface area contributed by atoms with Crippen molar-refractivity contribution in [2.45, 2.75) is 235 Å². The van der Waals surface area contributed by atoms with Crippen molar-refractivity contribution in [1.29, 1.82) is 0 Å². The first-order chi connectivity index (χ1) is 38.1. The molecule has 8 N–H and O–H groups in total. The molecule has 5 fully saturated rings. The Balaban J connectivity index is 0.987. The molecule has 0 saturated carbocycles. The zero-order valence-corrected chi connectivity index (χ0v) is 47.0. The van der Waals surface area contributed by atoms with Crippen LogP contribution in [-0.4, -0.2) is 213 Å². The molecule has 5 heterocycles. The van der Waals surface area contributed by atoms with Gasteiger partial charge in [-0.05, 0) is 84.9 Å². The first kappa shape index (κ1) is 61.1. The van der Waals surface area contributed by atoms with Gasteiger partial charge < -0.3 is 102 Å². The molecular formula is C56H76O25. The summed E-state index contributed by atoms with van der Waals surface area (Å²) in [5.74, 6) is -7.26. The van der Waals surface area contributed by atoms with Crippen LogP contribution >= 0.6 is 0 Å². The van der Waals surface area contributed by atoms with Gasteiger partial charge in [0, 0.05) is 64.7 Å². The molecule has 5 aliphatic heterocycles. The minimum absolute atomic E-state index is 0.0203. The largest absolute Gasteiger partial charge is 0.508 e. The van der Waals surface area contributed by atoms with Crippen LogP contribution in [0.15, 0.2) is 23.5 Å². The van der Waals surface area contributed by atoms with Crippen LogP contribution in [-0.2, 0) is 77.6 Å².